The Morgan fingerprint density at radius 3 is 3.17 bits per heavy atom. The quantitative estimate of drug-likeness (QED) is 0.832. The van der Waals surface area contributed by atoms with Crippen molar-refractivity contribution in [3.8, 4) is 0 Å². The Labute approximate surface area is 107 Å². The van der Waals surface area contributed by atoms with Crippen molar-refractivity contribution < 1.29 is 4.79 Å². The van der Waals surface area contributed by atoms with Gasteiger partial charge in [-0.15, -0.1) is 0 Å². The molecule has 1 unspecified atom stereocenters. The number of anilines is 1. The highest BCUT2D eigenvalue weighted by Crippen LogP contribution is 2.21. The molecule has 1 aromatic rings. The van der Waals surface area contributed by atoms with Crippen LogP contribution in [0.15, 0.2) is 18.3 Å². The van der Waals surface area contributed by atoms with Gasteiger partial charge >= 0.3 is 0 Å². The van der Waals surface area contributed by atoms with Crippen molar-refractivity contribution in [3.63, 3.8) is 0 Å². The molecule has 1 fully saturated rings. The van der Waals surface area contributed by atoms with Gasteiger partial charge in [0, 0.05) is 25.4 Å². The molecule has 0 radical (unpaired) electrons. The Morgan fingerprint density at radius 2 is 2.44 bits per heavy atom. The summed E-state index contributed by atoms with van der Waals surface area (Å²) in [5.41, 5.74) is 6.57. The lowest BCUT2D eigenvalue weighted by molar-refractivity contribution is -0.124. The number of likely N-dealkylation sites (tertiary alicyclic amines) is 1. The van der Waals surface area contributed by atoms with Crippen LogP contribution in [0.2, 0.25) is 0 Å². The molecule has 1 saturated heterocycles. The van der Waals surface area contributed by atoms with Crippen LogP contribution in [0.5, 0.6) is 0 Å². The predicted molar refractivity (Wildman–Crippen MR) is 71.0 cm³/mol. The standard InChI is InChI=1S/C13H20N4O/c1-15-13-10(5-4-7-16-13)9-17-8-3-2-6-11(17)12(14)18/h4-5,7,11H,2-3,6,8-9H2,1H3,(H2,14,18)(H,15,16). The van der Waals surface area contributed by atoms with Gasteiger partial charge in [-0.1, -0.05) is 12.5 Å². The summed E-state index contributed by atoms with van der Waals surface area (Å²) < 4.78 is 0. The molecule has 1 aromatic heterocycles. The number of primary amides is 1. The smallest absolute Gasteiger partial charge is 0.234 e. The number of rotatable bonds is 4. The van der Waals surface area contributed by atoms with Crippen molar-refractivity contribution >= 4 is 11.7 Å². The number of nitrogens with one attached hydrogen (secondary N) is 1. The largest absolute Gasteiger partial charge is 0.373 e. The van der Waals surface area contributed by atoms with Gasteiger partial charge < -0.3 is 11.1 Å². The molecule has 0 aromatic carbocycles. The molecule has 5 heteroatoms. The SMILES string of the molecule is CNc1ncccc1CN1CCCCC1C(N)=O. The number of nitrogens with two attached hydrogens (primary N) is 1. The number of carbonyl (C=O) groups is 1. The first-order chi connectivity index (χ1) is 8.72. The van der Waals surface area contributed by atoms with E-state index in [1.807, 2.05) is 19.2 Å². The van der Waals surface area contributed by atoms with E-state index in [1.165, 1.54) is 0 Å². The zero-order valence-corrected chi connectivity index (χ0v) is 10.7. The van der Waals surface area contributed by atoms with E-state index in [0.717, 1.165) is 43.7 Å². The minimum atomic E-state index is -0.218. The maximum absolute atomic E-state index is 11.5. The first-order valence-electron chi connectivity index (χ1n) is 6.37. The molecule has 2 heterocycles. The molecule has 18 heavy (non-hydrogen) atoms. The Balaban J connectivity index is 2.13. The molecule has 98 valence electrons. The van der Waals surface area contributed by atoms with Crippen molar-refractivity contribution in [1.82, 2.24) is 9.88 Å². The zero-order valence-electron chi connectivity index (χ0n) is 10.7. The van der Waals surface area contributed by atoms with Crippen LogP contribution >= 0.6 is 0 Å². The molecule has 1 aliphatic rings. The maximum Gasteiger partial charge on any atom is 0.234 e. The fraction of sp³-hybridized carbons (Fsp3) is 0.538. The molecular weight excluding hydrogens is 228 g/mol. The van der Waals surface area contributed by atoms with E-state index in [9.17, 15) is 4.79 Å². The van der Waals surface area contributed by atoms with Gasteiger partial charge in [-0.3, -0.25) is 9.69 Å². The van der Waals surface area contributed by atoms with E-state index >= 15 is 0 Å². The molecule has 0 spiro atoms. The van der Waals surface area contributed by atoms with Crippen molar-refractivity contribution in [1.29, 1.82) is 0 Å². The number of hydrogen-bond donors (Lipinski definition) is 2. The van der Waals surface area contributed by atoms with Crippen LogP contribution < -0.4 is 11.1 Å². The number of hydrogen-bond acceptors (Lipinski definition) is 4. The highest BCUT2D eigenvalue weighted by Gasteiger charge is 2.27. The molecule has 0 bridgehead atoms. The lowest BCUT2D eigenvalue weighted by atomic mass is 10.0. The third kappa shape index (κ3) is 2.79. The number of piperidine rings is 1. The highest BCUT2D eigenvalue weighted by molar-refractivity contribution is 5.79. The minimum absolute atomic E-state index is 0.135. The topological polar surface area (TPSA) is 71.2 Å². The second-order valence-corrected chi connectivity index (χ2v) is 4.65. The van der Waals surface area contributed by atoms with Crippen LogP contribution in [0.3, 0.4) is 0 Å². The van der Waals surface area contributed by atoms with Crippen LogP contribution in [-0.2, 0) is 11.3 Å². The van der Waals surface area contributed by atoms with Crippen LogP contribution in [0.4, 0.5) is 5.82 Å². The fourth-order valence-electron chi connectivity index (χ4n) is 2.51. The molecule has 0 saturated carbocycles. The Hall–Kier alpha value is -1.62. The predicted octanol–water partition coefficient (Wildman–Crippen LogP) is 0.963. The van der Waals surface area contributed by atoms with E-state index in [2.05, 4.69) is 15.2 Å². The van der Waals surface area contributed by atoms with Gasteiger partial charge in [-0.05, 0) is 25.5 Å². The molecular formula is C13H20N4O. The summed E-state index contributed by atoms with van der Waals surface area (Å²) in [6.45, 7) is 1.64. The van der Waals surface area contributed by atoms with Crippen LogP contribution in [-0.4, -0.2) is 35.4 Å². The average Bonchev–Trinajstić information content (AvgIpc) is 2.40. The molecule has 2 rings (SSSR count). The number of aromatic nitrogens is 1. The van der Waals surface area contributed by atoms with Crippen LogP contribution in [0, 0.1) is 0 Å². The first-order valence-corrected chi connectivity index (χ1v) is 6.37. The van der Waals surface area contributed by atoms with Gasteiger partial charge in [0.05, 0.1) is 6.04 Å². The summed E-state index contributed by atoms with van der Waals surface area (Å²) in [6.07, 6.45) is 4.83. The second-order valence-electron chi connectivity index (χ2n) is 4.65. The summed E-state index contributed by atoms with van der Waals surface area (Å²) >= 11 is 0. The Bertz CT molecular complexity index is 421. The summed E-state index contributed by atoms with van der Waals surface area (Å²) in [5, 5.41) is 3.08. The Kier molecular flexibility index (Phi) is 4.15. The summed E-state index contributed by atoms with van der Waals surface area (Å²) in [4.78, 5) is 17.9. The van der Waals surface area contributed by atoms with Crippen molar-refractivity contribution in [2.45, 2.75) is 31.8 Å². The molecule has 5 nitrogen and oxygen atoms in total. The lowest BCUT2D eigenvalue weighted by Crippen LogP contribution is -2.47. The van der Waals surface area contributed by atoms with Gasteiger partial charge in [0.2, 0.25) is 5.91 Å². The van der Waals surface area contributed by atoms with Gasteiger partial charge in [0.25, 0.3) is 0 Å². The fourth-order valence-corrected chi connectivity index (χ4v) is 2.51. The van der Waals surface area contributed by atoms with Crippen molar-refractivity contribution in [2.24, 2.45) is 5.73 Å². The maximum atomic E-state index is 11.5. The van der Waals surface area contributed by atoms with Gasteiger partial charge in [0.1, 0.15) is 5.82 Å². The highest BCUT2D eigenvalue weighted by atomic mass is 16.1. The third-order valence-electron chi connectivity index (χ3n) is 3.44. The van der Waals surface area contributed by atoms with Gasteiger partial charge in [-0.2, -0.15) is 0 Å². The number of carbonyl (C=O) groups excluding carboxylic acids is 1. The Morgan fingerprint density at radius 1 is 1.61 bits per heavy atom. The minimum Gasteiger partial charge on any atom is -0.373 e. The van der Waals surface area contributed by atoms with Crippen molar-refractivity contribution in [3.05, 3.63) is 23.9 Å². The molecule has 1 atom stereocenters. The molecule has 3 N–H and O–H groups in total. The molecule has 1 amide bonds. The number of pyridine rings is 1. The van der Waals surface area contributed by atoms with E-state index in [1.54, 1.807) is 6.20 Å². The summed E-state index contributed by atoms with van der Waals surface area (Å²) in [5.74, 6) is 0.649. The summed E-state index contributed by atoms with van der Waals surface area (Å²) in [6, 6.07) is 3.81. The van der Waals surface area contributed by atoms with E-state index in [-0.39, 0.29) is 11.9 Å². The van der Waals surface area contributed by atoms with E-state index in [4.69, 9.17) is 5.73 Å². The summed E-state index contributed by atoms with van der Waals surface area (Å²) in [7, 11) is 1.85. The van der Waals surface area contributed by atoms with Gasteiger partial charge in [0.15, 0.2) is 0 Å². The molecule has 0 aliphatic carbocycles. The number of nitrogens with zero attached hydrogens (tertiary/aromatic N) is 2. The van der Waals surface area contributed by atoms with E-state index < -0.39 is 0 Å². The van der Waals surface area contributed by atoms with E-state index in [0.29, 0.717) is 0 Å². The first kappa shape index (κ1) is 12.8. The second kappa shape index (κ2) is 5.82. The third-order valence-corrected chi connectivity index (χ3v) is 3.44. The van der Waals surface area contributed by atoms with Gasteiger partial charge in [-0.25, -0.2) is 4.98 Å². The lowest BCUT2D eigenvalue weighted by Gasteiger charge is -2.33. The average molecular weight is 248 g/mol. The van der Waals surface area contributed by atoms with Crippen LogP contribution in [0.1, 0.15) is 24.8 Å². The van der Waals surface area contributed by atoms with Crippen LogP contribution in [0.25, 0.3) is 0 Å². The monoisotopic (exact) mass is 248 g/mol. The number of amides is 1. The normalized spacial score (nSPS) is 20.6. The van der Waals surface area contributed by atoms with Crippen molar-refractivity contribution in [2.75, 3.05) is 18.9 Å². The molecule has 1 aliphatic heterocycles. The zero-order chi connectivity index (χ0) is 13.0.